The Labute approximate surface area is 199 Å². The molecule has 0 radical (unpaired) electrons. The average Bonchev–Trinajstić information content (AvgIpc) is 3.09. The lowest BCUT2D eigenvalue weighted by Crippen LogP contribution is -2.15. The summed E-state index contributed by atoms with van der Waals surface area (Å²) in [5.74, 6) is 2.04. The van der Waals surface area contributed by atoms with Crippen LogP contribution in [0.3, 0.4) is 0 Å². The highest BCUT2D eigenvalue weighted by molar-refractivity contribution is 6.31. The van der Waals surface area contributed by atoms with Crippen LogP contribution in [0.4, 0.5) is 0 Å². The molecule has 3 atom stereocenters. The van der Waals surface area contributed by atoms with E-state index in [1.54, 1.807) is 0 Å². The maximum Gasteiger partial charge on any atom is 0.110 e. The van der Waals surface area contributed by atoms with Gasteiger partial charge in [0.15, 0.2) is 0 Å². The summed E-state index contributed by atoms with van der Waals surface area (Å²) in [5.41, 5.74) is 3.75. The normalized spacial score (nSPS) is 13.6. The second-order valence-electron chi connectivity index (χ2n) is 9.05. The zero-order valence-corrected chi connectivity index (χ0v) is 23.0. The fourth-order valence-electron chi connectivity index (χ4n) is 3.90. The number of aromatic amines is 1. The summed E-state index contributed by atoms with van der Waals surface area (Å²) in [6.07, 6.45) is 12.3. The van der Waals surface area contributed by atoms with Crippen molar-refractivity contribution in [1.82, 2.24) is 4.98 Å². The lowest BCUT2D eigenvalue weighted by Gasteiger charge is -2.27. The van der Waals surface area contributed by atoms with E-state index in [1.807, 2.05) is 13.8 Å². The highest BCUT2D eigenvalue weighted by Crippen LogP contribution is 2.35. The van der Waals surface area contributed by atoms with Crippen molar-refractivity contribution in [2.75, 3.05) is 0 Å². The highest BCUT2D eigenvalue weighted by atomic mass is 35.5. The van der Waals surface area contributed by atoms with E-state index < -0.39 is 0 Å². The first-order valence-electron chi connectivity index (χ1n) is 13.1. The van der Waals surface area contributed by atoms with Gasteiger partial charge in [0.1, 0.15) is 5.15 Å². The molecule has 180 valence electrons. The average molecular weight is 450 g/mol. The SMILES string of the molecule is CC.CCCC.CCCCCCCCC(C)C(C)C(C)c1ccc2[nH]c(Cl)c(C)c2c1. The van der Waals surface area contributed by atoms with Crippen molar-refractivity contribution in [1.29, 1.82) is 0 Å². The van der Waals surface area contributed by atoms with Crippen LogP contribution in [0.2, 0.25) is 5.15 Å². The first-order chi connectivity index (χ1) is 14.9. The second kappa shape index (κ2) is 17.6. The Morgan fingerprint density at radius 1 is 0.839 bits per heavy atom. The van der Waals surface area contributed by atoms with Gasteiger partial charge in [-0.3, -0.25) is 0 Å². The predicted molar refractivity (Wildman–Crippen MR) is 145 cm³/mol. The molecule has 2 aromatic rings. The van der Waals surface area contributed by atoms with Gasteiger partial charge < -0.3 is 4.98 Å². The predicted octanol–water partition coefficient (Wildman–Crippen LogP) is 11.1. The number of benzene rings is 1. The molecule has 0 amide bonds. The molecule has 0 bridgehead atoms. The Balaban J connectivity index is 0.00000134. The molecule has 31 heavy (non-hydrogen) atoms. The molecule has 3 unspecified atom stereocenters. The van der Waals surface area contributed by atoms with E-state index in [0.29, 0.717) is 11.8 Å². The zero-order chi connectivity index (χ0) is 23.8. The maximum absolute atomic E-state index is 6.24. The summed E-state index contributed by atoms with van der Waals surface area (Å²) < 4.78 is 0. The summed E-state index contributed by atoms with van der Waals surface area (Å²) in [7, 11) is 0. The molecule has 0 saturated carbocycles. The van der Waals surface area contributed by atoms with Crippen LogP contribution in [0.25, 0.3) is 10.9 Å². The molecule has 2 heteroatoms. The first-order valence-corrected chi connectivity index (χ1v) is 13.5. The first kappa shape index (κ1) is 30.0. The molecule has 1 aromatic heterocycles. The van der Waals surface area contributed by atoms with Gasteiger partial charge in [-0.1, -0.05) is 131 Å². The van der Waals surface area contributed by atoms with Crippen molar-refractivity contribution in [2.45, 2.75) is 126 Å². The van der Waals surface area contributed by atoms with E-state index in [4.69, 9.17) is 11.6 Å². The Hall–Kier alpha value is -0.950. The molecule has 1 nitrogen and oxygen atoms in total. The Kier molecular flexibility index (Phi) is 17.0. The molecule has 0 spiro atoms. The minimum absolute atomic E-state index is 0.576. The van der Waals surface area contributed by atoms with Gasteiger partial charge in [0.2, 0.25) is 0 Å². The number of unbranched alkanes of at least 4 members (excludes halogenated alkanes) is 6. The number of H-pyrrole nitrogens is 1. The Bertz CT molecular complexity index is 685. The minimum atomic E-state index is 0.576. The van der Waals surface area contributed by atoms with E-state index in [1.165, 1.54) is 74.3 Å². The molecule has 0 aliphatic heterocycles. The summed E-state index contributed by atoms with van der Waals surface area (Å²) in [6, 6.07) is 6.80. The van der Waals surface area contributed by atoms with Crippen LogP contribution in [-0.2, 0) is 0 Å². The van der Waals surface area contributed by atoms with Gasteiger partial charge in [0.25, 0.3) is 0 Å². The van der Waals surface area contributed by atoms with Crippen LogP contribution < -0.4 is 0 Å². The molecule has 0 aliphatic carbocycles. The summed E-state index contributed by atoms with van der Waals surface area (Å²) in [5, 5.41) is 2.04. The number of halogens is 1. The van der Waals surface area contributed by atoms with Gasteiger partial charge in [-0.05, 0) is 47.9 Å². The standard InChI is InChI=1S/C23H36ClN.C4H10.C2H6/c1-6-7-8-9-10-11-12-16(2)17(3)18(4)20-13-14-22-21(15-20)19(5)23(24)25-22;1-3-4-2;1-2/h13-18,25H,6-12H2,1-5H3;3-4H2,1-2H3;1-2H3. The topological polar surface area (TPSA) is 15.8 Å². The van der Waals surface area contributed by atoms with Gasteiger partial charge in [-0.2, -0.15) is 0 Å². The van der Waals surface area contributed by atoms with Crippen molar-refractivity contribution in [3.05, 3.63) is 34.5 Å². The van der Waals surface area contributed by atoms with Crippen LogP contribution in [0, 0.1) is 18.8 Å². The van der Waals surface area contributed by atoms with Gasteiger partial charge in [0, 0.05) is 10.9 Å². The Morgan fingerprint density at radius 3 is 2.00 bits per heavy atom. The monoisotopic (exact) mass is 449 g/mol. The van der Waals surface area contributed by atoms with Gasteiger partial charge >= 0.3 is 0 Å². The fraction of sp³-hybridized carbons (Fsp3) is 0.724. The van der Waals surface area contributed by atoms with Crippen molar-refractivity contribution in [2.24, 2.45) is 11.8 Å². The number of aromatic nitrogens is 1. The van der Waals surface area contributed by atoms with E-state index in [9.17, 15) is 0 Å². The zero-order valence-electron chi connectivity index (χ0n) is 22.2. The number of fused-ring (bicyclic) bond motifs is 1. The molecular formula is C29H52ClN. The number of rotatable bonds is 11. The number of aryl methyl sites for hydroxylation is 1. The van der Waals surface area contributed by atoms with Gasteiger partial charge in [-0.15, -0.1) is 0 Å². The molecule has 0 aliphatic rings. The smallest absolute Gasteiger partial charge is 0.110 e. The lowest BCUT2D eigenvalue weighted by molar-refractivity contribution is 0.310. The van der Waals surface area contributed by atoms with Gasteiger partial charge in [0.05, 0.1) is 0 Å². The Morgan fingerprint density at radius 2 is 1.42 bits per heavy atom. The number of hydrogen-bond acceptors (Lipinski definition) is 0. The second-order valence-corrected chi connectivity index (χ2v) is 9.43. The number of nitrogens with one attached hydrogen (secondary N) is 1. The molecule has 0 fully saturated rings. The van der Waals surface area contributed by atoms with Crippen LogP contribution in [0.15, 0.2) is 18.2 Å². The largest absolute Gasteiger partial charge is 0.345 e. The molecular weight excluding hydrogens is 398 g/mol. The molecule has 1 heterocycles. The third-order valence-corrected chi connectivity index (χ3v) is 7.12. The quantitative estimate of drug-likeness (QED) is 0.328. The van der Waals surface area contributed by atoms with Crippen LogP contribution in [-0.4, -0.2) is 4.98 Å². The van der Waals surface area contributed by atoms with E-state index >= 15 is 0 Å². The maximum atomic E-state index is 6.24. The van der Waals surface area contributed by atoms with Crippen LogP contribution >= 0.6 is 11.6 Å². The molecule has 1 aromatic carbocycles. The van der Waals surface area contributed by atoms with Crippen molar-refractivity contribution >= 4 is 22.5 Å². The summed E-state index contributed by atoms with van der Waals surface area (Å²) in [6.45, 7) is 20.0. The highest BCUT2D eigenvalue weighted by Gasteiger charge is 2.21. The summed E-state index contributed by atoms with van der Waals surface area (Å²) >= 11 is 6.24. The third-order valence-electron chi connectivity index (χ3n) is 6.75. The van der Waals surface area contributed by atoms with Gasteiger partial charge in [-0.25, -0.2) is 0 Å². The van der Waals surface area contributed by atoms with E-state index in [-0.39, 0.29) is 0 Å². The van der Waals surface area contributed by atoms with Crippen molar-refractivity contribution in [3.8, 4) is 0 Å². The van der Waals surface area contributed by atoms with E-state index in [0.717, 1.165) is 16.6 Å². The third kappa shape index (κ3) is 10.5. The molecule has 0 saturated heterocycles. The molecule has 2 rings (SSSR count). The lowest BCUT2D eigenvalue weighted by atomic mass is 9.78. The fourth-order valence-corrected chi connectivity index (χ4v) is 4.10. The number of hydrogen-bond donors (Lipinski definition) is 1. The summed E-state index contributed by atoms with van der Waals surface area (Å²) in [4.78, 5) is 3.26. The minimum Gasteiger partial charge on any atom is -0.345 e. The van der Waals surface area contributed by atoms with Crippen molar-refractivity contribution in [3.63, 3.8) is 0 Å². The van der Waals surface area contributed by atoms with Crippen molar-refractivity contribution < 1.29 is 0 Å². The van der Waals surface area contributed by atoms with Crippen LogP contribution in [0.5, 0.6) is 0 Å². The van der Waals surface area contributed by atoms with Crippen LogP contribution in [0.1, 0.15) is 130 Å². The van der Waals surface area contributed by atoms with E-state index in [2.05, 4.69) is 71.6 Å². The molecule has 1 N–H and O–H groups in total.